The van der Waals surface area contributed by atoms with Crippen LogP contribution in [-0.4, -0.2) is 12.9 Å². The Labute approximate surface area is 131 Å². The molecule has 4 rings (SSSR count). The number of benzene rings is 1. The molecule has 0 amide bonds. The Morgan fingerprint density at radius 1 is 1.32 bits per heavy atom. The van der Waals surface area contributed by atoms with Crippen molar-refractivity contribution < 1.29 is 9.53 Å². The lowest BCUT2D eigenvalue weighted by Crippen LogP contribution is -2.32. The molecule has 114 valence electrons. The molecule has 0 unspecified atom stereocenters. The molecule has 1 aromatic rings. The van der Waals surface area contributed by atoms with Crippen molar-refractivity contribution in [3.8, 4) is 5.75 Å². The van der Waals surface area contributed by atoms with Gasteiger partial charge in [-0.2, -0.15) is 0 Å². The van der Waals surface area contributed by atoms with E-state index in [4.69, 9.17) is 4.74 Å². The van der Waals surface area contributed by atoms with E-state index in [1.54, 1.807) is 7.11 Å². The Morgan fingerprint density at radius 2 is 2.14 bits per heavy atom. The molecular weight excluding hydrogens is 272 g/mol. The van der Waals surface area contributed by atoms with Crippen LogP contribution in [0.4, 0.5) is 0 Å². The topological polar surface area (TPSA) is 26.3 Å². The number of fused-ring (bicyclic) bond motifs is 4. The maximum absolute atomic E-state index is 12.3. The first-order chi connectivity index (χ1) is 10.5. The van der Waals surface area contributed by atoms with Crippen molar-refractivity contribution in [1.82, 2.24) is 0 Å². The van der Waals surface area contributed by atoms with Gasteiger partial charge in [0.2, 0.25) is 0 Å². The summed E-state index contributed by atoms with van der Waals surface area (Å²) < 4.78 is 5.38. The molecule has 0 spiro atoms. The summed E-state index contributed by atoms with van der Waals surface area (Å²) in [5.41, 5.74) is 6.78. The molecule has 0 heterocycles. The normalized spacial score (nSPS) is 29.7. The largest absolute Gasteiger partial charge is 0.497 e. The molecule has 1 aromatic carbocycles. The van der Waals surface area contributed by atoms with Crippen LogP contribution in [0.3, 0.4) is 0 Å². The maximum atomic E-state index is 12.3. The van der Waals surface area contributed by atoms with E-state index < -0.39 is 0 Å². The van der Waals surface area contributed by atoms with Crippen LogP contribution in [0.15, 0.2) is 35.4 Å². The quantitative estimate of drug-likeness (QED) is 0.770. The lowest BCUT2D eigenvalue weighted by atomic mass is 9.63. The molecule has 0 saturated carbocycles. The van der Waals surface area contributed by atoms with Crippen molar-refractivity contribution in [2.24, 2.45) is 11.3 Å². The second-order valence-electron chi connectivity index (χ2n) is 7.10. The third-order valence-corrected chi connectivity index (χ3v) is 5.85. The van der Waals surface area contributed by atoms with Crippen LogP contribution >= 0.6 is 0 Å². The Kier molecular flexibility index (Phi) is 2.87. The van der Waals surface area contributed by atoms with Gasteiger partial charge in [0.25, 0.3) is 0 Å². The minimum atomic E-state index is -0.225. The van der Waals surface area contributed by atoms with Crippen molar-refractivity contribution in [3.63, 3.8) is 0 Å². The SMILES string of the molecule is COc1ccc2c(c1)C[C@H](C)C1=C2CC[C@@]2(C)C(=O)CC=C12. The number of methoxy groups -OCH3 is 1. The number of Topliss-reactive ketones (excluding diaryl/α,β-unsaturated/α-hetero) is 1. The summed E-state index contributed by atoms with van der Waals surface area (Å²) >= 11 is 0. The zero-order valence-electron chi connectivity index (χ0n) is 13.5. The highest BCUT2D eigenvalue weighted by Gasteiger charge is 2.46. The average Bonchev–Trinajstić information content (AvgIpc) is 2.82. The molecule has 0 N–H and O–H groups in total. The van der Waals surface area contributed by atoms with Crippen LogP contribution in [0, 0.1) is 11.3 Å². The van der Waals surface area contributed by atoms with Crippen molar-refractivity contribution in [3.05, 3.63) is 46.5 Å². The number of rotatable bonds is 1. The fourth-order valence-corrected chi connectivity index (χ4v) is 4.58. The highest BCUT2D eigenvalue weighted by molar-refractivity contribution is 5.96. The Morgan fingerprint density at radius 3 is 2.91 bits per heavy atom. The fourth-order valence-electron chi connectivity index (χ4n) is 4.58. The number of carbonyl (C=O) groups is 1. The zero-order valence-corrected chi connectivity index (χ0v) is 13.5. The van der Waals surface area contributed by atoms with E-state index in [2.05, 4.69) is 38.1 Å². The molecule has 0 aromatic heterocycles. The number of allylic oxidation sites excluding steroid dienone is 4. The molecular formula is C20H22O2. The van der Waals surface area contributed by atoms with Gasteiger partial charge >= 0.3 is 0 Å². The number of carbonyl (C=O) groups excluding carboxylic acids is 1. The van der Waals surface area contributed by atoms with E-state index in [1.807, 2.05) is 0 Å². The second kappa shape index (κ2) is 4.58. The van der Waals surface area contributed by atoms with Crippen LogP contribution in [0.2, 0.25) is 0 Å². The number of ketones is 1. The highest BCUT2D eigenvalue weighted by Crippen LogP contribution is 2.55. The summed E-state index contributed by atoms with van der Waals surface area (Å²) in [4.78, 5) is 12.3. The van der Waals surface area contributed by atoms with E-state index in [0.717, 1.165) is 25.0 Å². The number of hydrogen-bond donors (Lipinski definition) is 0. The molecule has 3 aliphatic rings. The minimum absolute atomic E-state index is 0.225. The first-order valence-corrected chi connectivity index (χ1v) is 8.19. The average molecular weight is 294 g/mol. The molecule has 2 nitrogen and oxygen atoms in total. The van der Waals surface area contributed by atoms with E-state index in [-0.39, 0.29) is 5.41 Å². The summed E-state index contributed by atoms with van der Waals surface area (Å²) in [6.45, 7) is 4.45. The predicted octanol–water partition coefficient (Wildman–Crippen LogP) is 4.34. The van der Waals surface area contributed by atoms with Gasteiger partial charge in [-0.25, -0.2) is 0 Å². The van der Waals surface area contributed by atoms with E-state index >= 15 is 0 Å². The summed E-state index contributed by atoms with van der Waals surface area (Å²) in [6, 6.07) is 6.44. The van der Waals surface area contributed by atoms with Crippen molar-refractivity contribution in [2.75, 3.05) is 7.11 Å². The van der Waals surface area contributed by atoms with E-state index in [9.17, 15) is 4.79 Å². The molecule has 3 aliphatic carbocycles. The monoisotopic (exact) mass is 294 g/mol. The first-order valence-electron chi connectivity index (χ1n) is 8.19. The van der Waals surface area contributed by atoms with Gasteiger partial charge in [-0.05, 0) is 72.1 Å². The van der Waals surface area contributed by atoms with Crippen LogP contribution in [0.1, 0.15) is 44.2 Å². The second-order valence-corrected chi connectivity index (χ2v) is 7.10. The number of ether oxygens (including phenoxy) is 1. The molecule has 2 heteroatoms. The molecule has 0 fully saturated rings. The Balaban J connectivity index is 1.89. The van der Waals surface area contributed by atoms with Gasteiger partial charge in [-0.15, -0.1) is 0 Å². The Bertz CT molecular complexity index is 738. The first kappa shape index (κ1) is 13.8. The highest BCUT2D eigenvalue weighted by atomic mass is 16.5. The van der Waals surface area contributed by atoms with Crippen molar-refractivity contribution in [2.45, 2.75) is 39.5 Å². The fraction of sp³-hybridized carbons (Fsp3) is 0.450. The van der Waals surface area contributed by atoms with Gasteiger partial charge in [0.15, 0.2) is 0 Å². The smallest absolute Gasteiger partial charge is 0.146 e. The van der Waals surface area contributed by atoms with Crippen molar-refractivity contribution in [1.29, 1.82) is 0 Å². The van der Waals surface area contributed by atoms with Gasteiger partial charge in [0.05, 0.1) is 12.5 Å². The molecule has 0 bridgehead atoms. The van der Waals surface area contributed by atoms with Crippen LogP contribution in [0.5, 0.6) is 5.75 Å². The van der Waals surface area contributed by atoms with Crippen LogP contribution in [-0.2, 0) is 11.2 Å². The van der Waals surface area contributed by atoms with E-state index in [0.29, 0.717) is 18.1 Å². The van der Waals surface area contributed by atoms with Gasteiger partial charge in [-0.3, -0.25) is 4.79 Å². The summed E-state index contributed by atoms with van der Waals surface area (Å²) in [7, 11) is 1.72. The predicted molar refractivity (Wildman–Crippen MR) is 87.8 cm³/mol. The third kappa shape index (κ3) is 1.70. The van der Waals surface area contributed by atoms with Gasteiger partial charge < -0.3 is 4.74 Å². The maximum Gasteiger partial charge on any atom is 0.146 e. The van der Waals surface area contributed by atoms with Crippen molar-refractivity contribution >= 4 is 11.4 Å². The van der Waals surface area contributed by atoms with Crippen LogP contribution in [0.25, 0.3) is 5.57 Å². The van der Waals surface area contributed by atoms with Gasteiger partial charge in [-0.1, -0.05) is 19.1 Å². The zero-order chi connectivity index (χ0) is 15.5. The molecule has 0 saturated heterocycles. The third-order valence-electron chi connectivity index (χ3n) is 5.85. The summed E-state index contributed by atoms with van der Waals surface area (Å²) in [5, 5.41) is 0. The molecule has 2 atom stereocenters. The van der Waals surface area contributed by atoms with Gasteiger partial charge in [0, 0.05) is 6.42 Å². The Hall–Kier alpha value is -1.83. The lowest BCUT2D eigenvalue weighted by molar-refractivity contribution is -0.124. The lowest BCUT2D eigenvalue weighted by Gasteiger charge is -2.40. The van der Waals surface area contributed by atoms with E-state index in [1.165, 1.54) is 27.8 Å². The number of hydrogen-bond acceptors (Lipinski definition) is 2. The van der Waals surface area contributed by atoms with Gasteiger partial charge in [0.1, 0.15) is 11.5 Å². The van der Waals surface area contributed by atoms with Crippen LogP contribution < -0.4 is 4.74 Å². The summed E-state index contributed by atoms with van der Waals surface area (Å²) in [5.74, 6) is 1.82. The molecule has 0 aliphatic heterocycles. The molecule has 22 heavy (non-hydrogen) atoms. The standard InChI is InChI=1S/C20H22O2/c1-12-10-13-11-14(22-3)4-5-15(13)16-8-9-20(2)17(19(12)16)6-7-18(20)21/h4-6,11-12H,7-10H2,1-3H3/t12-,20+/m0/s1. The molecule has 0 radical (unpaired) electrons. The minimum Gasteiger partial charge on any atom is -0.497 e. The summed E-state index contributed by atoms with van der Waals surface area (Å²) in [6.07, 6.45) is 5.81.